The quantitative estimate of drug-likeness (QED) is 0.379. The number of nitrogens with zero attached hydrogens (tertiary/aromatic N) is 1. The molecule has 4 aromatic rings. The van der Waals surface area contributed by atoms with Crippen molar-refractivity contribution in [2.24, 2.45) is 0 Å². The van der Waals surface area contributed by atoms with Gasteiger partial charge in [0.2, 0.25) is 0 Å². The van der Waals surface area contributed by atoms with Crippen molar-refractivity contribution in [2.45, 2.75) is 26.2 Å². The van der Waals surface area contributed by atoms with Crippen LogP contribution < -0.4 is 24.8 Å². The van der Waals surface area contributed by atoms with E-state index in [1.807, 2.05) is 12.1 Å². The minimum atomic E-state index is 0. The average Bonchev–Trinajstić information content (AvgIpc) is 3.34. The van der Waals surface area contributed by atoms with Gasteiger partial charge in [0.25, 0.3) is 0 Å². The van der Waals surface area contributed by atoms with E-state index in [0.29, 0.717) is 0 Å². The zero-order valence-corrected chi connectivity index (χ0v) is 18.9. The van der Waals surface area contributed by atoms with Crippen molar-refractivity contribution in [1.82, 2.24) is 4.57 Å². The summed E-state index contributed by atoms with van der Waals surface area (Å²) in [5.41, 5.74) is 2.72. The van der Waals surface area contributed by atoms with E-state index in [2.05, 4.69) is 84.5 Å². The molecule has 0 radical (unpaired) electrons. The Morgan fingerprint density at radius 3 is 2.19 bits per heavy atom. The molecule has 0 saturated heterocycles. The van der Waals surface area contributed by atoms with Gasteiger partial charge in [-0.15, -0.1) is 41.1 Å². The minimum Gasteiger partial charge on any atom is -1.00 e. The van der Waals surface area contributed by atoms with Gasteiger partial charge in [-0.3, -0.25) is 0 Å². The number of hydrogen-bond acceptors (Lipinski definition) is 0. The molecule has 0 aliphatic heterocycles. The average molecular weight is 464 g/mol. The van der Waals surface area contributed by atoms with Gasteiger partial charge < -0.3 is 29.4 Å². The Hall–Kier alpha value is -1.08. The Bertz CT molecular complexity index is 784. The first kappa shape index (κ1) is 24.9. The Morgan fingerprint density at radius 2 is 1.58 bits per heavy atom. The zero-order chi connectivity index (χ0) is 15.9. The summed E-state index contributed by atoms with van der Waals surface area (Å²) in [6, 6.07) is 25.5. The van der Waals surface area contributed by atoms with Crippen LogP contribution in [0.15, 0.2) is 85.2 Å². The van der Waals surface area contributed by atoms with Crippen LogP contribution in [0, 0.1) is 0 Å². The monoisotopic (exact) mass is 461 g/mol. The van der Waals surface area contributed by atoms with Crippen molar-refractivity contribution < 1.29 is 51.0 Å². The van der Waals surface area contributed by atoms with Crippen LogP contribution in [0.3, 0.4) is 0 Å². The van der Waals surface area contributed by atoms with Crippen molar-refractivity contribution in [3.63, 3.8) is 0 Å². The summed E-state index contributed by atoms with van der Waals surface area (Å²) < 4.78 is 2.12. The molecule has 3 aromatic carbocycles. The van der Waals surface area contributed by atoms with Gasteiger partial charge in [0.15, 0.2) is 0 Å². The molecule has 0 spiro atoms. The molecule has 0 unspecified atom stereocenters. The van der Waals surface area contributed by atoms with Gasteiger partial charge >= 0.3 is 26.2 Å². The van der Waals surface area contributed by atoms with Crippen molar-refractivity contribution in [2.75, 3.05) is 0 Å². The predicted octanol–water partition coefficient (Wildman–Crippen LogP) is 0.103. The third-order valence-corrected chi connectivity index (χ3v) is 4.06. The molecule has 1 aromatic heterocycles. The molecule has 0 fully saturated rings. The molecule has 0 bridgehead atoms. The van der Waals surface area contributed by atoms with E-state index in [-0.39, 0.29) is 51.0 Å². The Labute approximate surface area is 188 Å². The standard InChI is InChI=1S/C13H10N.C9H13.2ClH.Zr/c1-2-6-12-10-13(9-11(12)5-1)14-7-3-4-8-14;1-2-3-6-9-7-4-5-8-9;;;/h1-10H;4-5,7-8H,2-3,6H2,1H3;2*1H;/q2*-1;;;+4/p-2. The first-order chi connectivity index (χ1) is 11.4. The van der Waals surface area contributed by atoms with Crippen LogP contribution in [0.1, 0.15) is 25.3 Å². The van der Waals surface area contributed by atoms with E-state index in [1.54, 1.807) is 0 Å². The van der Waals surface area contributed by atoms with E-state index in [0.717, 1.165) is 0 Å². The number of rotatable bonds is 4. The number of aryl methyl sites for hydroxylation is 1. The Morgan fingerprint density at radius 1 is 0.923 bits per heavy atom. The number of aromatic nitrogens is 1. The third-order valence-electron chi connectivity index (χ3n) is 4.06. The van der Waals surface area contributed by atoms with Gasteiger partial charge in [-0.25, -0.2) is 12.1 Å². The number of halogens is 2. The molecule has 1 heterocycles. The molecule has 4 heteroatoms. The van der Waals surface area contributed by atoms with Crippen LogP contribution >= 0.6 is 0 Å². The third kappa shape index (κ3) is 6.91. The molecule has 1 nitrogen and oxygen atoms in total. The fraction of sp³-hybridized carbons (Fsp3) is 0.182. The van der Waals surface area contributed by atoms with Gasteiger partial charge in [-0.2, -0.15) is 17.7 Å². The van der Waals surface area contributed by atoms with Crippen molar-refractivity contribution in [3.8, 4) is 5.69 Å². The summed E-state index contributed by atoms with van der Waals surface area (Å²) in [7, 11) is 0. The number of unbranched alkanes of at least 4 members (excludes halogenated alkanes) is 1. The maximum Gasteiger partial charge on any atom is 4.00 e. The topological polar surface area (TPSA) is 4.93 Å². The molecule has 134 valence electrons. The molecule has 0 aliphatic carbocycles. The molecule has 0 N–H and O–H groups in total. The number of benzene rings is 1. The maximum absolute atomic E-state index is 2.23. The number of fused-ring (bicyclic) bond motifs is 1. The van der Waals surface area contributed by atoms with E-state index < -0.39 is 0 Å². The maximum atomic E-state index is 2.23. The smallest absolute Gasteiger partial charge is 1.00 e. The second-order valence-electron chi connectivity index (χ2n) is 5.83. The van der Waals surface area contributed by atoms with E-state index in [1.165, 1.54) is 41.3 Å². The van der Waals surface area contributed by atoms with Crippen LogP contribution in [0.2, 0.25) is 0 Å². The normalized spacial score (nSPS) is 9.27. The number of hydrogen-bond donors (Lipinski definition) is 0. The second-order valence-corrected chi connectivity index (χ2v) is 5.83. The summed E-state index contributed by atoms with van der Waals surface area (Å²) in [6.07, 6.45) is 8.00. The second kappa shape index (κ2) is 13.1. The molecule has 0 atom stereocenters. The van der Waals surface area contributed by atoms with Gasteiger partial charge in [-0.1, -0.05) is 32.3 Å². The molecular weight excluding hydrogens is 440 g/mol. The Balaban J connectivity index is 0.000000466. The van der Waals surface area contributed by atoms with Crippen LogP contribution in [0.5, 0.6) is 0 Å². The van der Waals surface area contributed by atoms with Crippen LogP contribution in [-0.2, 0) is 32.6 Å². The molecule has 4 rings (SSSR count). The first-order valence-corrected chi connectivity index (χ1v) is 8.36. The van der Waals surface area contributed by atoms with Crippen molar-refractivity contribution >= 4 is 10.8 Å². The van der Waals surface area contributed by atoms with Gasteiger partial charge in [-0.05, 0) is 17.8 Å². The SMILES string of the molecule is CCCC[c-]1cccc1.[Cl-].[Cl-].[Zr+4].c1ccc2[cH-]c(-n3cccc3)cc2c1. The summed E-state index contributed by atoms with van der Waals surface area (Å²) in [4.78, 5) is 0. The van der Waals surface area contributed by atoms with Gasteiger partial charge in [0, 0.05) is 12.4 Å². The predicted molar refractivity (Wildman–Crippen MR) is 99.5 cm³/mol. The van der Waals surface area contributed by atoms with E-state index >= 15 is 0 Å². The largest absolute Gasteiger partial charge is 4.00 e. The fourth-order valence-electron chi connectivity index (χ4n) is 2.75. The Kier molecular flexibility index (Phi) is 12.6. The van der Waals surface area contributed by atoms with Crippen LogP contribution in [0.4, 0.5) is 0 Å². The summed E-state index contributed by atoms with van der Waals surface area (Å²) in [5, 5.41) is 2.60. The fourth-order valence-corrected chi connectivity index (χ4v) is 2.75. The molecule has 0 amide bonds. The minimum absolute atomic E-state index is 0. The molecular formula is C22H23Cl2NZr. The molecule has 0 saturated carbocycles. The van der Waals surface area contributed by atoms with Gasteiger partial charge in [0.1, 0.15) is 0 Å². The molecule has 0 aliphatic rings. The summed E-state index contributed by atoms with van der Waals surface area (Å²) in [5.74, 6) is 0. The van der Waals surface area contributed by atoms with Crippen LogP contribution in [0.25, 0.3) is 16.5 Å². The van der Waals surface area contributed by atoms with Crippen molar-refractivity contribution in [3.05, 3.63) is 90.8 Å². The van der Waals surface area contributed by atoms with Gasteiger partial charge in [0.05, 0.1) is 0 Å². The summed E-state index contributed by atoms with van der Waals surface area (Å²) in [6.45, 7) is 2.23. The first-order valence-electron chi connectivity index (χ1n) is 8.36. The van der Waals surface area contributed by atoms with Crippen molar-refractivity contribution in [1.29, 1.82) is 0 Å². The van der Waals surface area contributed by atoms with E-state index in [9.17, 15) is 0 Å². The molecule has 26 heavy (non-hydrogen) atoms. The van der Waals surface area contributed by atoms with Crippen LogP contribution in [-0.4, -0.2) is 4.57 Å². The summed E-state index contributed by atoms with van der Waals surface area (Å²) >= 11 is 0. The van der Waals surface area contributed by atoms with E-state index in [4.69, 9.17) is 0 Å². The zero-order valence-electron chi connectivity index (χ0n) is 14.9.